The summed E-state index contributed by atoms with van der Waals surface area (Å²) in [5.41, 5.74) is 0.548. The van der Waals surface area contributed by atoms with Crippen molar-refractivity contribution >= 4 is 22.4 Å². The largest absolute Gasteiger partial charge is 0.477 e. The summed E-state index contributed by atoms with van der Waals surface area (Å²) < 4.78 is 5.14. The van der Waals surface area contributed by atoms with Gasteiger partial charge in [0.1, 0.15) is 4.88 Å². The van der Waals surface area contributed by atoms with Gasteiger partial charge in [0.2, 0.25) is 0 Å². The van der Waals surface area contributed by atoms with Gasteiger partial charge in [0.15, 0.2) is 5.13 Å². The average molecular weight is 230 g/mol. The van der Waals surface area contributed by atoms with E-state index >= 15 is 0 Å². The van der Waals surface area contributed by atoms with Crippen molar-refractivity contribution < 1.29 is 14.6 Å². The molecule has 0 amide bonds. The number of aryl methyl sites for hydroxylation is 1. The lowest BCUT2D eigenvalue weighted by atomic mass is 10.4. The first kappa shape index (κ1) is 11.9. The summed E-state index contributed by atoms with van der Waals surface area (Å²) in [6, 6.07) is 0. The van der Waals surface area contributed by atoms with Gasteiger partial charge in [0, 0.05) is 13.2 Å². The predicted octanol–water partition coefficient (Wildman–Crippen LogP) is 1.60. The van der Waals surface area contributed by atoms with Crippen molar-refractivity contribution in [3.05, 3.63) is 10.6 Å². The lowest BCUT2D eigenvalue weighted by Crippen LogP contribution is -2.08. The minimum atomic E-state index is -0.928. The number of aromatic carboxylic acids is 1. The van der Waals surface area contributed by atoms with Crippen molar-refractivity contribution in [3.63, 3.8) is 0 Å². The van der Waals surface area contributed by atoms with E-state index in [0.717, 1.165) is 11.3 Å². The van der Waals surface area contributed by atoms with Gasteiger partial charge >= 0.3 is 5.97 Å². The van der Waals surface area contributed by atoms with Crippen LogP contribution in [0.2, 0.25) is 0 Å². The molecule has 0 bridgehead atoms. The normalized spacial score (nSPS) is 10.3. The first-order valence-electron chi connectivity index (χ1n) is 4.67. The highest BCUT2D eigenvalue weighted by molar-refractivity contribution is 7.17. The Balaban J connectivity index is 2.48. The Kier molecular flexibility index (Phi) is 4.51. The fourth-order valence-electron chi connectivity index (χ4n) is 1.04. The molecule has 0 fully saturated rings. The molecule has 0 aromatic carbocycles. The van der Waals surface area contributed by atoms with Crippen LogP contribution in [-0.2, 0) is 4.74 Å². The molecule has 0 radical (unpaired) electrons. The summed E-state index contributed by atoms with van der Waals surface area (Å²) in [4.78, 5) is 15.1. The first-order valence-corrected chi connectivity index (χ1v) is 5.49. The van der Waals surface area contributed by atoms with E-state index in [1.807, 2.05) is 6.92 Å². The number of hydrogen-bond donors (Lipinski definition) is 2. The van der Waals surface area contributed by atoms with Crippen LogP contribution in [0.1, 0.15) is 22.3 Å². The SMILES string of the molecule is CCOCCNc1nc(C)c(C(=O)O)s1. The molecule has 1 rings (SSSR count). The number of nitrogens with zero attached hydrogens (tertiary/aromatic N) is 1. The molecule has 84 valence electrons. The van der Waals surface area contributed by atoms with Crippen molar-refractivity contribution in [2.24, 2.45) is 0 Å². The summed E-state index contributed by atoms with van der Waals surface area (Å²) in [6.07, 6.45) is 0. The molecular weight excluding hydrogens is 216 g/mol. The highest BCUT2D eigenvalue weighted by Gasteiger charge is 2.13. The van der Waals surface area contributed by atoms with Gasteiger partial charge in [-0.05, 0) is 13.8 Å². The maximum absolute atomic E-state index is 10.7. The second kappa shape index (κ2) is 5.67. The highest BCUT2D eigenvalue weighted by atomic mass is 32.1. The average Bonchev–Trinajstić information content (AvgIpc) is 2.55. The molecule has 0 saturated heterocycles. The van der Waals surface area contributed by atoms with Crippen molar-refractivity contribution in [2.45, 2.75) is 13.8 Å². The predicted molar refractivity (Wildman–Crippen MR) is 58.8 cm³/mol. The third-order valence-corrected chi connectivity index (χ3v) is 2.82. The quantitative estimate of drug-likeness (QED) is 0.726. The maximum atomic E-state index is 10.7. The van der Waals surface area contributed by atoms with Crippen LogP contribution in [0.3, 0.4) is 0 Å². The van der Waals surface area contributed by atoms with Gasteiger partial charge in [-0.15, -0.1) is 0 Å². The Morgan fingerprint density at radius 3 is 2.93 bits per heavy atom. The zero-order valence-electron chi connectivity index (χ0n) is 8.74. The fourth-order valence-corrected chi connectivity index (χ4v) is 1.88. The first-order chi connectivity index (χ1) is 7.15. The van der Waals surface area contributed by atoms with E-state index in [2.05, 4.69) is 10.3 Å². The molecule has 1 aromatic rings. The van der Waals surface area contributed by atoms with E-state index in [9.17, 15) is 4.79 Å². The van der Waals surface area contributed by atoms with Crippen molar-refractivity contribution in [3.8, 4) is 0 Å². The lowest BCUT2D eigenvalue weighted by molar-refractivity contribution is 0.0701. The molecule has 2 N–H and O–H groups in total. The fraction of sp³-hybridized carbons (Fsp3) is 0.556. The van der Waals surface area contributed by atoms with Crippen molar-refractivity contribution in [2.75, 3.05) is 25.1 Å². The minimum absolute atomic E-state index is 0.286. The Morgan fingerprint density at radius 1 is 1.67 bits per heavy atom. The van der Waals surface area contributed by atoms with E-state index < -0.39 is 5.97 Å². The Morgan fingerprint density at radius 2 is 2.40 bits per heavy atom. The van der Waals surface area contributed by atoms with E-state index in [0.29, 0.717) is 30.6 Å². The van der Waals surface area contributed by atoms with Crippen LogP contribution in [0.25, 0.3) is 0 Å². The highest BCUT2D eigenvalue weighted by Crippen LogP contribution is 2.21. The number of rotatable bonds is 6. The number of carboxylic acids is 1. The van der Waals surface area contributed by atoms with Gasteiger partial charge in [-0.25, -0.2) is 9.78 Å². The number of hydrogen-bond acceptors (Lipinski definition) is 5. The van der Waals surface area contributed by atoms with Crippen LogP contribution in [0.4, 0.5) is 5.13 Å². The molecule has 0 saturated carbocycles. The van der Waals surface area contributed by atoms with Crippen LogP contribution in [0.15, 0.2) is 0 Å². The molecule has 0 aliphatic carbocycles. The van der Waals surface area contributed by atoms with E-state index in [-0.39, 0.29) is 4.88 Å². The molecule has 1 heterocycles. The van der Waals surface area contributed by atoms with Gasteiger partial charge in [0.05, 0.1) is 12.3 Å². The summed E-state index contributed by atoms with van der Waals surface area (Å²) >= 11 is 1.15. The van der Waals surface area contributed by atoms with Crippen molar-refractivity contribution in [1.82, 2.24) is 4.98 Å². The number of carboxylic acid groups (broad SMARTS) is 1. The summed E-state index contributed by atoms with van der Waals surface area (Å²) in [5.74, 6) is -0.928. The second-order valence-electron chi connectivity index (χ2n) is 2.86. The van der Waals surface area contributed by atoms with Crippen LogP contribution in [0.5, 0.6) is 0 Å². The van der Waals surface area contributed by atoms with Crippen LogP contribution >= 0.6 is 11.3 Å². The van der Waals surface area contributed by atoms with Gasteiger partial charge in [0.25, 0.3) is 0 Å². The summed E-state index contributed by atoms with van der Waals surface area (Å²) in [5, 5.41) is 12.5. The number of carbonyl (C=O) groups is 1. The summed E-state index contributed by atoms with van der Waals surface area (Å²) in [6.45, 7) is 5.53. The van der Waals surface area contributed by atoms with Crippen LogP contribution in [-0.4, -0.2) is 35.8 Å². The zero-order valence-corrected chi connectivity index (χ0v) is 9.56. The molecule has 0 spiro atoms. The Hall–Kier alpha value is -1.14. The summed E-state index contributed by atoms with van der Waals surface area (Å²) in [7, 11) is 0. The number of aromatic nitrogens is 1. The van der Waals surface area contributed by atoms with E-state index in [1.165, 1.54) is 0 Å². The van der Waals surface area contributed by atoms with Gasteiger partial charge in [-0.1, -0.05) is 11.3 Å². The third-order valence-electron chi connectivity index (χ3n) is 1.72. The second-order valence-corrected chi connectivity index (χ2v) is 3.86. The lowest BCUT2D eigenvalue weighted by Gasteiger charge is -2.01. The van der Waals surface area contributed by atoms with Crippen LogP contribution in [0, 0.1) is 6.92 Å². The number of anilines is 1. The maximum Gasteiger partial charge on any atom is 0.347 e. The molecule has 6 heteroatoms. The monoisotopic (exact) mass is 230 g/mol. The van der Waals surface area contributed by atoms with Crippen LogP contribution < -0.4 is 5.32 Å². The molecule has 0 aliphatic heterocycles. The molecule has 0 unspecified atom stereocenters. The van der Waals surface area contributed by atoms with Crippen molar-refractivity contribution in [1.29, 1.82) is 0 Å². The molecule has 0 aliphatic rings. The molecule has 5 nitrogen and oxygen atoms in total. The number of ether oxygens (including phenoxy) is 1. The third kappa shape index (κ3) is 3.49. The molecule has 15 heavy (non-hydrogen) atoms. The minimum Gasteiger partial charge on any atom is -0.477 e. The topological polar surface area (TPSA) is 71.5 Å². The molecule has 1 aromatic heterocycles. The Labute approximate surface area is 92.1 Å². The molecule has 0 atom stereocenters. The van der Waals surface area contributed by atoms with Gasteiger partial charge in [-0.3, -0.25) is 0 Å². The smallest absolute Gasteiger partial charge is 0.347 e. The molecular formula is C9H14N2O3S. The van der Waals surface area contributed by atoms with Gasteiger partial charge < -0.3 is 15.2 Å². The Bertz CT molecular complexity index is 338. The number of thiazole rings is 1. The number of nitrogens with one attached hydrogen (secondary N) is 1. The van der Waals surface area contributed by atoms with E-state index in [1.54, 1.807) is 6.92 Å². The zero-order chi connectivity index (χ0) is 11.3. The van der Waals surface area contributed by atoms with E-state index in [4.69, 9.17) is 9.84 Å². The van der Waals surface area contributed by atoms with Gasteiger partial charge in [-0.2, -0.15) is 0 Å². The standard InChI is InChI=1S/C9H14N2O3S/c1-3-14-5-4-10-9-11-6(2)7(15-9)8(12)13/h3-5H2,1-2H3,(H,10,11)(H,12,13).